The van der Waals surface area contributed by atoms with Crippen LogP contribution in [-0.4, -0.2) is 15.9 Å². The number of halogens is 1. The fraction of sp³-hybridized carbons (Fsp3) is 0.0952. The minimum atomic E-state index is -0.128. The van der Waals surface area contributed by atoms with Gasteiger partial charge in [0.25, 0.3) is 5.91 Å². The number of carbonyl (C=O) groups is 1. The predicted molar refractivity (Wildman–Crippen MR) is 114 cm³/mol. The Labute approximate surface area is 169 Å². The number of fused-ring (bicyclic) bond motifs is 1. The summed E-state index contributed by atoms with van der Waals surface area (Å²) < 4.78 is 1.99. The normalized spacial score (nSPS) is 10.9. The smallest absolute Gasteiger partial charge is 0.255 e. The molecule has 4 aromatic rings. The molecule has 0 unspecified atom stereocenters. The van der Waals surface area contributed by atoms with E-state index in [0.29, 0.717) is 5.56 Å². The molecule has 0 aliphatic carbocycles. The van der Waals surface area contributed by atoms with Gasteiger partial charge in [0, 0.05) is 22.2 Å². The lowest BCUT2D eigenvalue weighted by molar-refractivity contribution is 0.102. The number of nitrogens with zero attached hydrogens (tertiary/aromatic N) is 2. The Morgan fingerprint density at radius 2 is 1.81 bits per heavy atom. The van der Waals surface area contributed by atoms with Crippen LogP contribution < -0.4 is 5.32 Å². The summed E-state index contributed by atoms with van der Waals surface area (Å²) in [6, 6.07) is 13.4. The van der Waals surface area contributed by atoms with Crippen LogP contribution in [0.25, 0.3) is 21.5 Å². The van der Waals surface area contributed by atoms with E-state index in [1.165, 1.54) is 5.56 Å². The zero-order chi connectivity index (χ0) is 19.0. The van der Waals surface area contributed by atoms with Crippen LogP contribution in [-0.2, 0) is 0 Å². The highest BCUT2D eigenvalue weighted by Crippen LogP contribution is 2.34. The number of hydrogen-bond acceptors (Lipinski definition) is 4. The topological polar surface area (TPSA) is 54.9 Å². The number of benzene rings is 2. The number of amides is 1. The Balaban J connectivity index is 1.59. The highest BCUT2D eigenvalue weighted by molar-refractivity contribution is 9.10. The molecule has 0 fully saturated rings. The first-order valence-electron chi connectivity index (χ1n) is 8.39. The molecule has 134 valence electrons. The molecule has 4 nitrogen and oxygen atoms in total. The maximum Gasteiger partial charge on any atom is 0.255 e. The monoisotopic (exact) mass is 437 g/mol. The van der Waals surface area contributed by atoms with E-state index in [-0.39, 0.29) is 5.91 Å². The number of thiophene rings is 1. The second-order valence-electron chi connectivity index (χ2n) is 6.31. The number of anilines is 1. The third kappa shape index (κ3) is 3.50. The molecule has 1 N–H and O–H groups in total. The molecule has 2 heterocycles. The minimum absolute atomic E-state index is 0.128. The summed E-state index contributed by atoms with van der Waals surface area (Å²) in [5.74, 6) is -0.128. The van der Waals surface area contributed by atoms with Crippen molar-refractivity contribution in [1.29, 1.82) is 0 Å². The standard InChI is InChI=1S/C21H16BrN3OS/c1-12-3-8-16(9-13(12)2)25-21(26)15-6-4-14(5-7-15)18-20-19(24-11-23-18)17(22)10-27-20/h3-11H,1-2H3,(H,25,26). The van der Waals surface area contributed by atoms with E-state index < -0.39 is 0 Å². The zero-order valence-electron chi connectivity index (χ0n) is 14.8. The van der Waals surface area contributed by atoms with Gasteiger partial charge in [0.1, 0.15) is 6.33 Å². The van der Waals surface area contributed by atoms with Crippen molar-refractivity contribution < 1.29 is 4.79 Å². The van der Waals surface area contributed by atoms with Gasteiger partial charge in [0.05, 0.1) is 20.4 Å². The van der Waals surface area contributed by atoms with Crippen LogP contribution in [0.1, 0.15) is 21.5 Å². The minimum Gasteiger partial charge on any atom is -0.322 e. The summed E-state index contributed by atoms with van der Waals surface area (Å²) in [5.41, 5.74) is 6.49. The number of hydrogen-bond donors (Lipinski definition) is 1. The van der Waals surface area contributed by atoms with Gasteiger partial charge in [-0.1, -0.05) is 18.2 Å². The first kappa shape index (κ1) is 17.8. The van der Waals surface area contributed by atoms with Crippen molar-refractivity contribution >= 4 is 49.1 Å². The second kappa shape index (κ2) is 7.21. The van der Waals surface area contributed by atoms with Crippen molar-refractivity contribution in [2.75, 3.05) is 5.32 Å². The van der Waals surface area contributed by atoms with Gasteiger partial charge in [0.2, 0.25) is 0 Å². The molecule has 2 aromatic heterocycles. The van der Waals surface area contributed by atoms with Crippen LogP contribution in [0.2, 0.25) is 0 Å². The van der Waals surface area contributed by atoms with Gasteiger partial charge in [-0.3, -0.25) is 4.79 Å². The van der Waals surface area contributed by atoms with Gasteiger partial charge in [-0.25, -0.2) is 9.97 Å². The van der Waals surface area contributed by atoms with Crippen LogP contribution in [0.5, 0.6) is 0 Å². The molecule has 1 amide bonds. The molecule has 0 atom stereocenters. The molecule has 6 heteroatoms. The van der Waals surface area contributed by atoms with Crippen LogP contribution in [0, 0.1) is 13.8 Å². The molecule has 0 aliphatic heterocycles. The lowest BCUT2D eigenvalue weighted by atomic mass is 10.1. The Morgan fingerprint density at radius 3 is 2.56 bits per heavy atom. The van der Waals surface area contributed by atoms with Gasteiger partial charge >= 0.3 is 0 Å². The molecule has 0 spiro atoms. The summed E-state index contributed by atoms with van der Waals surface area (Å²) >= 11 is 5.11. The average Bonchev–Trinajstić information content (AvgIpc) is 3.06. The summed E-state index contributed by atoms with van der Waals surface area (Å²) in [4.78, 5) is 21.3. The highest BCUT2D eigenvalue weighted by Gasteiger charge is 2.12. The van der Waals surface area contributed by atoms with Gasteiger partial charge in [-0.15, -0.1) is 11.3 Å². The van der Waals surface area contributed by atoms with Crippen LogP contribution >= 0.6 is 27.3 Å². The molecule has 4 rings (SSSR count). The Morgan fingerprint density at radius 1 is 1.04 bits per heavy atom. The number of nitrogens with one attached hydrogen (secondary N) is 1. The first-order valence-corrected chi connectivity index (χ1v) is 10.1. The number of aromatic nitrogens is 2. The second-order valence-corrected chi connectivity index (χ2v) is 8.05. The summed E-state index contributed by atoms with van der Waals surface area (Å²) in [6.07, 6.45) is 1.56. The molecule has 2 aromatic carbocycles. The van der Waals surface area contributed by atoms with Crippen molar-refractivity contribution in [3.63, 3.8) is 0 Å². The van der Waals surface area contributed by atoms with E-state index in [1.807, 2.05) is 54.8 Å². The maximum absolute atomic E-state index is 12.5. The fourth-order valence-electron chi connectivity index (χ4n) is 2.83. The van der Waals surface area contributed by atoms with Gasteiger partial charge in [0.15, 0.2) is 0 Å². The predicted octanol–water partition coefficient (Wildman–Crippen LogP) is 5.99. The Kier molecular flexibility index (Phi) is 4.76. The first-order chi connectivity index (χ1) is 13.0. The molecule has 0 bridgehead atoms. The molecular formula is C21H16BrN3OS. The fourth-order valence-corrected chi connectivity index (χ4v) is 4.43. The summed E-state index contributed by atoms with van der Waals surface area (Å²) in [7, 11) is 0. The van der Waals surface area contributed by atoms with Crippen molar-refractivity contribution in [2.24, 2.45) is 0 Å². The van der Waals surface area contributed by atoms with Crippen LogP contribution in [0.4, 0.5) is 5.69 Å². The van der Waals surface area contributed by atoms with Gasteiger partial charge in [-0.05, 0) is 65.2 Å². The number of aryl methyl sites for hydroxylation is 2. The third-order valence-electron chi connectivity index (χ3n) is 4.50. The van der Waals surface area contributed by atoms with Crippen LogP contribution in [0.3, 0.4) is 0 Å². The van der Waals surface area contributed by atoms with Crippen molar-refractivity contribution in [3.8, 4) is 11.3 Å². The summed E-state index contributed by atoms with van der Waals surface area (Å²) in [5, 5.41) is 4.96. The Bertz CT molecular complexity index is 1150. The highest BCUT2D eigenvalue weighted by atomic mass is 79.9. The SMILES string of the molecule is Cc1ccc(NC(=O)c2ccc(-c3ncnc4c(Br)csc34)cc2)cc1C. The maximum atomic E-state index is 12.5. The quantitative estimate of drug-likeness (QED) is 0.428. The molecule has 0 saturated carbocycles. The molecule has 0 radical (unpaired) electrons. The van der Waals surface area contributed by atoms with Gasteiger partial charge < -0.3 is 5.32 Å². The largest absolute Gasteiger partial charge is 0.322 e. The summed E-state index contributed by atoms with van der Waals surface area (Å²) in [6.45, 7) is 4.08. The third-order valence-corrected chi connectivity index (χ3v) is 6.38. The van der Waals surface area contributed by atoms with E-state index >= 15 is 0 Å². The molecule has 0 saturated heterocycles. The lowest BCUT2D eigenvalue weighted by Crippen LogP contribution is -2.11. The van der Waals surface area contributed by atoms with E-state index in [1.54, 1.807) is 17.7 Å². The van der Waals surface area contributed by atoms with E-state index in [0.717, 1.165) is 37.2 Å². The average molecular weight is 438 g/mol. The van der Waals surface area contributed by atoms with Gasteiger partial charge in [-0.2, -0.15) is 0 Å². The molecule has 27 heavy (non-hydrogen) atoms. The Hall–Kier alpha value is -2.57. The lowest BCUT2D eigenvalue weighted by Gasteiger charge is -2.08. The van der Waals surface area contributed by atoms with Crippen molar-refractivity contribution in [3.05, 3.63) is 75.3 Å². The van der Waals surface area contributed by atoms with Crippen molar-refractivity contribution in [1.82, 2.24) is 9.97 Å². The van der Waals surface area contributed by atoms with Crippen LogP contribution in [0.15, 0.2) is 58.6 Å². The molecular weight excluding hydrogens is 422 g/mol. The van der Waals surface area contributed by atoms with E-state index in [4.69, 9.17) is 0 Å². The van der Waals surface area contributed by atoms with E-state index in [9.17, 15) is 4.79 Å². The van der Waals surface area contributed by atoms with E-state index in [2.05, 4.69) is 38.1 Å². The molecule has 0 aliphatic rings. The van der Waals surface area contributed by atoms with Crippen molar-refractivity contribution in [2.45, 2.75) is 13.8 Å². The number of rotatable bonds is 3. The number of carbonyl (C=O) groups excluding carboxylic acids is 1. The zero-order valence-corrected chi connectivity index (χ0v) is 17.2.